The Kier molecular flexibility index (Phi) is 4.42. The largest absolute Gasteiger partial charge is 0.424 e. The second kappa shape index (κ2) is 6.46. The van der Waals surface area contributed by atoms with E-state index in [1.807, 2.05) is 17.5 Å². The molecule has 2 aromatic heterocycles. The van der Waals surface area contributed by atoms with Gasteiger partial charge in [0.1, 0.15) is 0 Å². The van der Waals surface area contributed by atoms with Crippen molar-refractivity contribution in [3.8, 4) is 0 Å². The Bertz CT molecular complexity index is 596. The van der Waals surface area contributed by atoms with Crippen molar-refractivity contribution in [2.24, 2.45) is 0 Å². The molecular weight excluding hydrogens is 290 g/mol. The molecule has 0 radical (unpaired) electrons. The lowest BCUT2D eigenvalue weighted by Gasteiger charge is -2.34. The molecule has 1 atom stereocenters. The van der Waals surface area contributed by atoms with Gasteiger partial charge in [0, 0.05) is 25.9 Å². The van der Waals surface area contributed by atoms with Crippen LogP contribution in [-0.4, -0.2) is 46.7 Å². The summed E-state index contributed by atoms with van der Waals surface area (Å²) < 4.78 is 10.9. The summed E-state index contributed by atoms with van der Waals surface area (Å²) in [6.45, 7) is 4.32. The van der Waals surface area contributed by atoms with Crippen LogP contribution in [0.4, 0.5) is 0 Å². The summed E-state index contributed by atoms with van der Waals surface area (Å²) in [6, 6.07) is 3.82. The highest BCUT2D eigenvalue weighted by atomic mass is 32.1. The van der Waals surface area contributed by atoms with E-state index in [1.54, 1.807) is 6.92 Å². The van der Waals surface area contributed by atoms with Crippen LogP contribution in [0.1, 0.15) is 27.9 Å². The molecule has 1 saturated heterocycles. The molecule has 3 heterocycles. The van der Waals surface area contributed by atoms with E-state index in [9.17, 15) is 4.79 Å². The molecule has 0 spiro atoms. The molecule has 0 aliphatic carbocycles. The van der Waals surface area contributed by atoms with Crippen molar-refractivity contribution in [3.63, 3.8) is 0 Å². The molecule has 0 amide bonds. The van der Waals surface area contributed by atoms with Gasteiger partial charge in [0.05, 0.1) is 24.6 Å². The predicted molar refractivity (Wildman–Crippen MR) is 77.3 cm³/mol. The maximum absolute atomic E-state index is 12.3. The van der Waals surface area contributed by atoms with Crippen LogP contribution in [0.2, 0.25) is 0 Å². The number of morpholine rings is 1. The minimum atomic E-state index is 0.0561. The third kappa shape index (κ3) is 3.55. The van der Waals surface area contributed by atoms with Crippen LogP contribution in [0.25, 0.3) is 0 Å². The van der Waals surface area contributed by atoms with Crippen molar-refractivity contribution in [2.45, 2.75) is 25.9 Å². The van der Waals surface area contributed by atoms with Crippen LogP contribution in [0, 0.1) is 6.92 Å². The molecule has 0 saturated carbocycles. The minimum absolute atomic E-state index is 0.0561. The van der Waals surface area contributed by atoms with Gasteiger partial charge >= 0.3 is 0 Å². The molecule has 0 aromatic carbocycles. The van der Waals surface area contributed by atoms with Gasteiger partial charge in [0.25, 0.3) is 0 Å². The van der Waals surface area contributed by atoms with Gasteiger partial charge in [-0.1, -0.05) is 6.07 Å². The summed E-state index contributed by atoms with van der Waals surface area (Å²) in [6.07, 6.45) is 0.452. The smallest absolute Gasteiger partial charge is 0.230 e. The number of carbonyl (C=O) groups excluding carboxylic acids is 1. The second-order valence-corrected chi connectivity index (χ2v) is 5.97. The zero-order valence-electron chi connectivity index (χ0n) is 11.8. The molecule has 21 heavy (non-hydrogen) atoms. The molecule has 1 aliphatic rings. The van der Waals surface area contributed by atoms with Crippen molar-refractivity contribution in [1.82, 2.24) is 15.1 Å². The Hall–Kier alpha value is -1.57. The first-order valence-corrected chi connectivity index (χ1v) is 7.78. The molecule has 1 aliphatic heterocycles. The van der Waals surface area contributed by atoms with Crippen LogP contribution in [0.5, 0.6) is 0 Å². The van der Waals surface area contributed by atoms with Crippen LogP contribution in [0.3, 0.4) is 0 Å². The minimum Gasteiger partial charge on any atom is -0.424 e. The van der Waals surface area contributed by atoms with Gasteiger partial charge in [-0.2, -0.15) is 0 Å². The Labute approximate surface area is 126 Å². The lowest BCUT2D eigenvalue weighted by atomic mass is 10.1. The van der Waals surface area contributed by atoms with Gasteiger partial charge in [0.2, 0.25) is 11.8 Å². The summed E-state index contributed by atoms with van der Waals surface area (Å²) in [7, 11) is 0. The molecular formula is C14H17N3O3S. The molecule has 1 fully saturated rings. The van der Waals surface area contributed by atoms with Gasteiger partial charge in [-0.15, -0.1) is 21.5 Å². The van der Waals surface area contributed by atoms with Gasteiger partial charge in [-0.25, -0.2) is 0 Å². The zero-order chi connectivity index (χ0) is 14.7. The van der Waals surface area contributed by atoms with E-state index in [-0.39, 0.29) is 11.8 Å². The van der Waals surface area contributed by atoms with Crippen LogP contribution >= 0.6 is 11.3 Å². The summed E-state index contributed by atoms with van der Waals surface area (Å²) in [5.74, 6) is 1.31. The zero-order valence-corrected chi connectivity index (χ0v) is 12.6. The average Bonchev–Trinajstić information content (AvgIpc) is 3.13. The molecule has 0 bridgehead atoms. The number of hydrogen-bond donors (Lipinski definition) is 0. The lowest BCUT2D eigenvalue weighted by molar-refractivity contribution is -0.0159. The summed E-state index contributed by atoms with van der Waals surface area (Å²) >= 11 is 1.48. The Balaban J connectivity index is 1.65. The van der Waals surface area contributed by atoms with E-state index < -0.39 is 0 Å². The van der Waals surface area contributed by atoms with E-state index in [4.69, 9.17) is 9.15 Å². The van der Waals surface area contributed by atoms with Crippen LogP contribution < -0.4 is 0 Å². The standard InChI is InChI=1S/C14H17N3O3S/c1-10-15-16-14(20-10)8-17-4-5-19-9-11(17)7-12(18)13-3-2-6-21-13/h2-3,6,11H,4-5,7-9H2,1H3/t11-/m1/s1. The molecule has 6 nitrogen and oxygen atoms in total. The maximum Gasteiger partial charge on any atom is 0.230 e. The molecule has 2 aromatic rings. The number of carbonyl (C=O) groups is 1. The number of ketones is 1. The Morgan fingerprint density at radius 1 is 1.52 bits per heavy atom. The van der Waals surface area contributed by atoms with Crippen molar-refractivity contribution < 1.29 is 13.9 Å². The maximum atomic E-state index is 12.3. The number of ether oxygens (including phenoxy) is 1. The van der Waals surface area contributed by atoms with Gasteiger partial charge in [0.15, 0.2) is 5.78 Å². The number of aryl methyl sites for hydroxylation is 1. The number of rotatable bonds is 5. The summed E-state index contributed by atoms with van der Waals surface area (Å²) in [4.78, 5) is 15.2. The molecule has 112 valence electrons. The Morgan fingerprint density at radius 3 is 3.14 bits per heavy atom. The number of aromatic nitrogens is 2. The van der Waals surface area contributed by atoms with Crippen molar-refractivity contribution in [2.75, 3.05) is 19.8 Å². The fraction of sp³-hybridized carbons (Fsp3) is 0.500. The second-order valence-electron chi connectivity index (χ2n) is 5.02. The molecule has 0 N–H and O–H groups in total. The van der Waals surface area contributed by atoms with Crippen molar-refractivity contribution in [3.05, 3.63) is 34.2 Å². The van der Waals surface area contributed by atoms with E-state index in [0.29, 0.717) is 38.0 Å². The molecule has 3 rings (SSSR count). The third-order valence-electron chi connectivity index (χ3n) is 3.47. The quantitative estimate of drug-likeness (QED) is 0.786. The predicted octanol–water partition coefficient (Wildman–Crippen LogP) is 1.91. The third-order valence-corrected chi connectivity index (χ3v) is 4.38. The van der Waals surface area contributed by atoms with E-state index in [1.165, 1.54) is 11.3 Å². The lowest BCUT2D eigenvalue weighted by Crippen LogP contribution is -2.45. The fourth-order valence-corrected chi connectivity index (χ4v) is 3.09. The molecule has 0 unspecified atom stereocenters. The number of Topliss-reactive ketones (excluding diaryl/α,β-unsaturated/α-hetero) is 1. The van der Waals surface area contributed by atoms with E-state index in [0.717, 1.165) is 11.4 Å². The number of nitrogens with zero attached hydrogens (tertiary/aromatic N) is 3. The average molecular weight is 307 g/mol. The first-order chi connectivity index (χ1) is 10.2. The van der Waals surface area contributed by atoms with Gasteiger partial charge < -0.3 is 9.15 Å². The Morgan fingerprint density at radius 2 is 2.43 bits per heavy atom. The highest BCUT2D eigenvalue weighted by Gasteiger charge is 2.27. The van der Waals surface area contributed by atoms with Crippen LogP contribution in [-0.2, 0) is 11.3 Å². The highest BCUT2D eigenvalue weighted by molar-refractivity contribution is 7.12. The summed E-state index contributed by atoms with van der Waals surface area (Å²) in [5, 5.41) is 9.78. The number of thiophene rings is 1. The van der Waals surface area contributed by atoms with Gasteiger partial charge in [-0.3, -0.25) is 9.69 Å². The van der Waals surface area contributed by atoms with Gasteiger partial charge in [-0.05, 0) is 11.4 Å². The normalized spacial score (nSPS) is 19.8. The van der Waals surface area contributed by atoms with Crippen molar-refractivity contribution in [1.29, 1.82) is 0 Å². The first-order valence-electron chi connectivity index (χ1n) is 6.90. The SMILES string of the molecule is Cc1nnc(CN2CCOC[C@H]2CC(=O)c2cccs2)o1. The van der Waals surface area contributed by atoms with Crippen LogP contribution in [0.15, 0.2) is 21.9 Å². The molecule has 7 heteroatoms. The fourth-order valence-electron chi connectivity index (χ4n) is 2.41. The highest BCUT2D eigenvalue weighted by Crippen LogP contribution is 2.19. The topological polar surface area (TPSA) is 68.5 Å². The first kappa shape index (κ1) is 14.4. The monoisotopic (exact) mass is 307 g/mol. The van der Waals surface area contributed by atoms with E-state index in [2.05, 4.69) is 15.1 Å². The number of hydrogen-bond acceptors (Lipinski definition) is 7. The van der Waals surface area contributed by atoms with E-state index >= 15 is 0 Å². The summed E-state index contributed by atoms with van der Waals surface area (Å²) in [5.41, 5.74) is 0. The van der Waals surface area contributed by atoms with Crippen molar-refractivity contribution >= 4 is 17.1 Å².